The van der Waals surface area contributed by atoms with E-state index in [1.54, 1.807) is 6.07 Å². The zero-order valence-corrected chi connectivity index (χ0v) is 7.38. The highest BCUT2D eigenvalue weighted by atomic mass is 19.1. The fourth-order valence-electron chi connectivity index (χ4n) is 0.873. The Morgan fingerprint density at radius 3 is 2.86 bits per heavy atom. The van der Waals surface area contributed by atoms with Gasteiger partial charge in [-0.05, 0) is 12.1 Å². The zero-order chi connectivity index (χ0) is 10.6. The second-order valence-corrected chi connectivity index (χ2v) is 2.65. The highest BCUT2D eigenvalue weighted by Gasteiger charge is 2.00. The minimum absolute atomic E-state index is 0.00975. The van der Waals surface area contributed by atoms with Gasteiger partial charge in [-0.1, -0.05) is 17.9 Å². The molecular formula is C10H9FN2O. The number of hydrogen-bond donors (Lipinski definition) is 2. The molecule has 0 spiro atoms. The van der Waals surface area contributed by atoms with Crippen LogP contribution in [0.4, 0.5) is 10.1 Å². The van der Waals surface area contributed by atoms with E-state index in [1.807, 2.05) is 0 Å². The summed E-state index contributed by atoms with van der Waals surface area (Å²) in [6.45, 7) is 0. The van der Waals surface area contributed by atoms with Gasteiger partial charge in [0.15, 0.2) is 0 Å². The maximum atomic E-state index is 12.9. The zero-order valence-electron chi connectivity index (χ0n) is 7.38. The summed E-state index contributed by atoms with van der Waals surface area (Å²) < 4.78 is 12.9. The van der Waals surface area contributed by atoms with Gasteiger partial charge >= 0.3 is 0 Å². The Balaban J connectivity index is 2.90. The molecule has 3 nitrogen and oxygen atoms in total. The highest BCUT2D eigenvalue weighted by Crippen LogP contribution is 2.13. The van der Waals surface area contributed by atoms with E-state index in [9.17, 15) is 9.18 Å². The van der Waals surface area contributed by atoms with Crippen LogP contribution in [0.3, 0.4) is 0 Å². The van der Waals surface area contributed by atoms with Crippen molar-refractivity contribution in [2.75, 3.05) is 5.73 Å². The van der Waals surface area contributed by atoms with Crippen LogP contribution >= 0.6 is 0 Å². The minimum Gasteiger partial charge on any atom is -0.395 e. The normalized spacial score (nSPS) is 8.93. The number of rotatable bonds is 1. The van der Waals surface area contributed by atoms with Gasteiger partial charge in [-0.25, -0.2) is 4.39 Å². The summed E-state index contributed by atoms with van der Waals surface area (Å²) in [5.74, 6) is 4.03. The molecule has 0 saturated heterocycles. The Bertz CT molecular complexity index is 418. The van der Waals surface area contributed by atoms with Crippen LogP contribution in [0.2, 0.25) is 0 Å². The smallest absolute Gasteiger partial charge is 0.229 e. The number of benzene rings is 1. The molecule has 0 atom stereocenters. The quantitative estimate of drug-likeness (QED) is 0.506. The van der Waals surface area contributed by atoms with Crippen molar-refractivity contribution < 1.29 is 9.18 Å². The number of nitrogen functional groups attached to an aromatic ring is 1. The van der Waals surface area contributed by atoms with Crippen LogP contribution in [0.25, 0.3) is 0 Å². The van der Waals surface area contributed by atoms with Crippen molar-refractivity contribution in [2.24, 2.45) is 5.73 Å². The first kappa shape index (κ1) is 10.1. The van der Waals surface area contributed by atoms with Gasteiger partial charge in [-0.3, -0.25) is 4.79 Å². The molecule has 0 radical (unpaired) electrons. The molecule has 1 aromatic carbocycles. The van der Waals surface area contributed by atoms with E-state index in [0.717, 1.165) is 0 Å². The molecule has 0 bridgehead atoms. The van der Waals surface area contributed by atoms with E-state index >= 15 is 0 Å². The van der Waals surface area contributed by atoms with Gasteiger partial charge in [0.05, 0.1) is 17.7 Å². The van der Waals surface area contributed by atoms with Crippen molar-refractivity contribution in [1.82, 2.24) is 0 Å². The van der Waals surface area contributed by atoms with Crippen molar-refractivity contribution in [3.8, 4) is 11.8 Å². The number of primary amides is 1. The fraction of sp³-hybridized carbons (Fsp3) is 0.100. The maximum absolute atomic E-state index is 12.9. The third-order valence-corrected chi connectivity index (χ3v) is 1.54. The Hall–Kier alpha value is -2.02. The first-order valence-electron chi connectivity index (χ1n) is 3.92. The summed E-state index contributed by atoms with van der Waals surface area (Å²) >= 11 is 0. The predicted octanol–water partition coefficient (Wildman–Crippen LogP) is 0.635. The van der Waals surface area contributed by atoms with Crippen LogP contribution in [0.1, 0.15) is 12.0 Å². The lowest BCUT2D eigenvalue weighted by molar-refractivity contribution is -0.117. The molecule has 0 aliphatic carbocycles. The number of anilines is 1. The minimum atomic E-state index is -0.521. The molecule has 0 unspecified atom stereocenters. The average Bonchev–Trinajstić information content (AvgIpc) is 2.12. The lowest BCUT2D eigenvalue weighted by Crippen LogP contribution is -2.08. The molecule has 1 amide bonds. The van der Waals surface area contributed by atoms with Crippen LogP contribution in [0, 0.1) is 17.7 Å². The molecule has 0 heterocycles. The summed E-state index contributed by atoms with van der Waals surface area (Å²) in [5, 5.41) is 0. The summed E-state index contributed by atoms with van der Waals surface area (Å²) in [6.07, 6.45) is -0.0596. The Morgan fingerprint density at radius 2 is 2.21 bits per heavy atom. The van der Waals surface area contributed by atoms with E-state index in [4.69, 9.17) is 11.5 Å². The van der Waals surface area contributed by atoms with Crippen molar-refractivity contribution in [1.29, 1.82) is 0 Å². The molecule has 0 aliphatic heterocycles. The van der Waals surface area contributed by atoms with Gasteiger partial charge in [-0.15, -0.1) is 0 Å². The van der Waals surface area contributed by atoms with E-state index in [0.29, 0.717) is 5.56 Å². The van der Waals surface area contributed by atoms with Crippen LogP contribution in [0.5, 0.6) is 0 Å². The van der Waals surface area contributed by atoms with E-state index in [-0.39, 0.29) is 12.1 Å². The summed E-state index contributed by atoms with van der Waals surface area (Å²) in [7, 11) is 0. The molecule has 4 heteroatoms. The van der Waals surface area contributed by atoms with Gasteiger partial charge in [0.1, 0.15) is 5.82 Å². The van der Waals surface area contributed by atoms with Gasteiger partial charge in [-0.2, -0.15) is 0 Å². The second kappa shape index (κ2) is 4.28. The van der Waals surface area contributed by atoms with Gasteiger partial charge < -0.3 is 11.5 Å². The number of halogens is 1. The fourth-order valence-corrected chi connectivity index (χ4v) is 0.873. The number of nitrogens with two attached hydrogens (primary N) is 2. The third kappa shape index (κ3) is 2.49. The van der Waals surface area contributed by atoms with Crippen LogP contribution in [-0.4, -0.2) is 5.91 Å². The van der Waals surface area contributed by atoms with Crippen LogP contribution in [0.15, 0.2) is 18.2 Å². The monoisotopic (exact) mass is 192 g/mol. The second-order valence-electron chi connectivity index (χ2n) is 2.65. The van der Waals surface area contributed by atoms with Crippen molar-refractivity contribution >= 4 is 11.6 Å². The highest BCUT2D eigenvalue weighted by molar-refractivity contribution is 5.76. The molecule has 4 N–H and O–H groups in total. The van der Waals surface area contributed by atoms with Crippen LogP contribution in [-0.2, 0) is 4.79 Å². The number of para-hydroxylation sites is 1. The molecule has 1 rings (SSSR count). The largest absolute Gasteiger partial charge is 0.395 e. The lowest BCUT2D eigenvalue weighted by atomic mass is 10.2. The summed E-state index contributed by atoms with van der Waals surface area (Å²) in [4.78, 5) is 10.4. The molecule has 0 saturated carbocycles. The Labute approximate surface area is 80.9 Å². The molecule has 0 fully saturated rings. The first-order chi connectivity index (χ1) is 6.61. The topological polar surface area (TPSA) is 69.1 Å². The number of carbonyl (C=O) groups excluding carboxylic acids is 1. The van der Waals surface area contributed by atoms with Crippen molar-refractivity contribution in [2.45, 2.75) is 6.42 Å². The molecule has 0 aromatic heterocycles. The molecule has 72 valence electrons. The predicted molar refractivity (Wildman–Crippen MR) is 51.5 cm³/mol. The maximum Gasteiger partial charge on any atom is 0.229 e. The van der Waals surface area contributed by atoms with E-state index in [1.165, 1.54) is 12.1 Å². The number of carbonyl (C=O) groups is 1. The van der Waals surface area contributed by atoms with Gasteiger partial charge in [0.2, 0.25) is 5.91 Å². The average molecular weight is 192 g/mol. The van der Waals surface area contributed by atoms with Crippen molar-refractivity contribution in [3.05, 3.63) is 29.6 Å². The van der Waals surface area contributed by atoms with Crippen molar-refractivity contribution in [3.63, 3.8) is 0 Å². The summed E-state index contributed by atoms with van der Waals surface area (Å²) in [5.41, 5.74) is 10.6. The first-order valence-corrected chi connectivity index (χ1v) is 3.92. The Morgan fingerprint density at radius 1 is 1.50 bits per heavy atom. The lowest BCUT2D eigenvalue weighted by Gasteiger charge is -1.97. The third-order valence-electron chi connectivity index (χ3n) is 1.54. The Kier molecular flexibility index (Phi) is 3.08. The molecule has 14 heavy (non-hydrogen) atoms. The summed E-state index contributed by atoms with van der Waals surface area (Å²) in [6, 6.07) is 4.32. The standard InChI is InChI=1S/C10H9FN2O/c11-8-5-1-3-7(10(8)13)4-2-6-9(12)14/h1,3,5H,6,13H2,(H2,12,14). The number of amides is 1. The van der Waals surface area contributed by atoms with Crippen LogP contribution < -0.4 is 11.5 Å². The SMILES string of the molecule is NC(=O)CC#Cc1cccc(F)c1N. The molecule has 1 aromatic rings. The molecule has 0 aliphatic rings. The molecular weight excluding hydrogens is 183 g/mol. The van der Waals surface area contributed by atoms with E-state index in [2.05, 4.69) is 11.8 Å². The van der Waals surface area contributed by atoms with Gasteiger partial charge in [0.25, 0.3) is 0 Å². The van der Waals surface area contributed by atoms with Gasteiger partial charge in [0, 0.05) is 0 Å². The number of hydrogen-bond acceptors (Lipinski definition) is 2. The van der Waals surface area contributed by atoms with E-state index < -0.39 is 11.7 Å².